The molecule has 138 valence electrons. The summed E-state index contributed by atoms with van der Waals surface area (Å²) in [5.74, 6) is -0.113. The summed E-state index contributed by atoms with van der Waals surface area (Å²) in [6.07, 6.45) is 0. The van der Waals surface area contributed by atoms with E-state index in [-0.39, 0.29) is 17.7 Å². The van der Waals surface area contributed by atoms with Crippen molar-refractivity contribution in [1.29, 1.82) is 0 Å². The molecule has 1 aromatic heterocycles. The van der Waals surface area contributed by atoms with E-state index >= 15 is 0 Å². The van der Waals surface area contributed by atoms with Crippen LogP contribution in [-0.4, -0.2) is 27.6 Å². The van der Waals surface area contributed by atoms with Crippen molar-refractivity contribution in [2.24, 2.45) is 0 Å². The fourth-order valence-electron chi connectivity index (χ4n) is 2.89. The van der Waals surface area contributed by atoms with E-state index in [9.17, 15) is 9.59 Å². The van der Waals surface area contributed by atoms with Gasteiger partial charge in [-0.1, -0.05) is 54.6 Å². The van der Waals surface area contributed by atoms with Gasteiger partial charge in [-0.3, -0.25) is 9.59 Å². The number of Topliss-reactive ketones (excluding diaryl/α,β-unsaturated/α-hetero) is 1. The molecule has 0 radical (unpaired) electrons. The lowest BCUT2D eigenvalue weighted by Gasteiger charge is -2.26. The summed E-state index contributed by atoms with van der Waals surface area (Å²) in [6.45, 7) is 6.07. The van der Waals surface area contributed by atoms with E-state index in [1.54, 1.807) is 18.4 Å². The van der Waals surface area contributed by atoms with Gasteiger partial charge in [0.1, 0.15) is 10.7 Å². The zero-order chi connectivity index (χ0) is 19.4. The average molecular weight is 378 g/mol. The maximum atomic E-state index is 13.1. The minimum atomic E-state index is -0.100. The van der Waals surface area contributed by atoms with Crippen LogP contribution < -0.4 is 0 Å². The van der Waals surface area contributed by atoms with Gasteiger partial charge in [0.2, 0.25) is 0 Å². The van der Waals surface area contributed by atoms with E-state index < -0.39 is 0 Å². The van der Waals surface area contributed by atoms with Crippen LogP contribution in [0.25, 0.3) is 10.6 Å². The monoisotopic (exact) mass is 378 g/mol. The molecule has 0 fully saturated rings. The minimum absolute atomic E-state index is 0.0124. The Bertz CT molecular complexity index is 948. The van der Waals surface area contributed by atoms with E-state index in [4.69, 9.17) is 0 Å². The number of thiazole rings is 1. The molecule has 0 saturated heterocycles. The van der Waals surface area contributed by atoms with Crippen LogP contribution in [0.15, 0.2) is 60.0 Å². The minimum Gasteiger partial charge on any atom is -0.331 e. The zero-order valence-corrected chi connectivity index (χ0v) is 16.5. The number of rotatable bonds is 6. The summed E-state index contributed by atoms with van der Waals surface area (Å²) < 4.78 is 0. The number of hydrogen-bond donors (Lipinski definition) is 0. The lowest BCUT2D eigenvalue weighted by Crippen LogP contribution is -2.36. The SMILES string of the molecule is CC(=O)c1ccccc1-c1nc(C(=O)N(Cc2ccccc2)C(C)C)cs1. The molecule has 3 aromatic rings. The topological polar surface area (TPSA) is 50.3 Å². The number of ketones is 1. The van der Waals surface area contributed by atoms with Crippen LogP contribution >= 0.6 is 11.3 Å². The molecule has 4 nitrogen and oxygen atoms in total. The van der Waals surface area contributed by atoms with Gasteiger partial charge in [0.25, 0.3) is 5.91 Å². The number of hydrogen-bond acceptors (Lipinski definition) is 4. The Kier molecular flexibility index (Phi) is 5.81. The van der Waals surface area contributed by atoms with Crippen molar-refractivity contribution in [1.82, 2.24) is 9.88 Å². The molecule has 3 rings (SSSR count). The second-order valence-electron chi connectivity index (χ2n) is 6.65. The molecule has 0 unspecified atom stereocenters. The highest BCUT2D eigenvalue weighted by Crippen LogP contribution is 2.28. The molecule has 0 N–H and O–H groups in total. The number of aromatic nitrogens is 1. The van der Waals surface area contributed by atoms with Crippen LogP contribution in [0.5, 0.6) is 0 Å². The normalized spacial score (nSPS) is 10.8. The standard InChI is InChI=1S/C22H22N2O2S/c1-15(2)24(13-17-9-5-4-6-10-17)22(26)20-14-27-21(23-20)19-12-8-7-11-18(19)16(3)25/h4-12,14-15H,13H2,1-3H3. The van der Waals surface area contributed by atoms with Gasteiger partial charge in [0, 0.05) is 29.1 Å². The Morgan fingerprint density at radius 3 is 2.37 bits per heavy atom. The van der Waals surface area contributed by atoms with Crippen LogP contribution in [0.3, 0.4) is 0 Å². The predicted molar refractivity (Wildman–Crippen MR) is 109 cm³/mol. The van der Waals surface area contributed by atoms with Gasteiger partial charge in [-0.05, 0) is 26.3 Å². The zero-order valence-electron chi connectivity index (χ0n) is 15.7. The third-order valence-electron chi connectivity index (χ3n) is 4.34. The van der Waals surface area contributed by atoms with E-state index in [0.29, 0.717) is 22.8 Å². The predicted octanol–water partition coefficient (Wildman–Crippen LogP) is 5.06. The van der Waals surface area contributed by atoms with Crippen molar-refractivity contribution in [2.45, 2.75) is 33.4 Å². The summed E-state index contributed by atoms with van der Waals surface area (Å²) in [5.41, 5.74) is 2.89. The second-order valence-corrected chi connectivity index (χ2v) is 7.51. The maximum Gasteiger partial charge on any atom is 0.273 e. The first-order valence-electron chi connectivity index (χ1n) is 8.88. The molecular formula is C22H22N2O2S. The molecule has 0 aliphatic heterocycles. The molecule has 0 saturated carbocycles. The number of carbonyl (C=O) groups is 2. The first kappa shape index (κ1) is 19.0. The van der Waals surface area contributed by atoms with Gasteiger partial charge in [-0.25, -0.2) is 4.98 Å². The van der Waals surface area contributed by atoms with Gasteiger partial charge in [0.05, 0.1) is 0 Å². The Balaban J connectivity index is 1.88. The van der Waals surface area contributed by atoms with Gasteiger partial charge in [-0.15, -0.1) is 11.3 Å². The summed E-state index contributed by atoms with van der Waals surface area (Å²) in [5, 5.41) is 2.46. The van der Waals surface area contributed by atoms with Crippen molar-refractivity contribution >= 4 is 23.0 Å². The largest absolute Gasteiger partial charge is 0.331 e. The van der Waals surface area contributed by atoms with Crippen LogP contribution in [0.2, 0.25) is 0 Å². The molecule has 2 aromatic carbocycles. The highest BCUT2D eigenvalue weighted by atomic mass is 32.1. The first-order valence-corrected chi connectivity index (χ1v) is 9.76. The lowest BCUT2D eigenvalue weighted by molar-refractivity contribution is 0.0685. The van der Waals surface area contributed by atoms with Crippen molar-refractivity contribution in [3.05, 3.63) is 76.8 Å². The second kappa shape index (κ2) is 8.27. The van der Waals surface area contributed by atoms with Gasteiger partial charge >= 0.3 is 0 Å². The van der Waals surface area contributed by atoms with Crippen molar-refractivity contribution in [2.75, 3.05) is 0 Å². The van der Waals surface area contributed by atoms with Crippen LogP contribution in [0, 0.1) is 0 Å². The fraction of sp³-hybridized carbons (Fsp3) is 0.227. The summed E-state index contributed by atoms with van der Waals surface area (Å²) in [6, 6.07) is 17.3. The Morgan fingerprint density at radius 1 is 1.04 bits per heavy atom. The van der Waals surface area contributed by atoms with E-state index in [1.165, 1.54) is 11.3 Å². The van der Waals surface area contributed by atoms with Crippen molar-refractivity contribution < 1.29 is 9.59 Å². The quantitative estimate of drug-likeness (QED) is 0.563. The third-order valence-corrected chi connectivity index (χ3v) is 5.22. The summed E-state index contributed by atoms with van der Waals surface area (Å²) in [7, 11) is 0. The van der Waals surface area contributed by atoms with Gasteiger partial charge < -0.3 is 4.90 Å². The van der Waals surface area contributed by atoms with Crippen LogP contribution in [-0.2, 0) is 6.54 Å². The molecule has 1 heterocycles. The van der Waals surface area contributed by atoms with Gasteiger partial charge in [0.15, 0.2) is 5.78 Å². The Morgan fingerprint density at radius 2 is 1.70 bits per heavy atom. The molecule has 0 aliphatic carbocycles. The number of benzene rings is 2. The van der Waals surface area contributed by atoms with E-state index in [1.807, 2.05) is 67.3 Å². The van der Waals surface area contributed by atoms with Crippen LogP contribution in [0.1, 0.15) is 47.2 Å². The summed E-state index contributed by atoms with van der Waals surface area (Å²) >= 11 is 1.39. The molecule has 1 amide bonds. The van der Waals surface area contributed by atoms with E-state index in [2.05, 4.69) is 4.98 Å². The molecular weight excluding hydrogens is 356 g/mol. The molecule has 0 atom stereocenters. The van der Waals surface area contributed by atoms with Crippen LogP contribution in [0.4, 0.5) is 0 Å². The Labute approximate surface area is 163 Å². The molecule has 0 aliphatic rings. The molecule has 5 heteroatoms. The third kappa shape index (κ3) is 4.31. The first-order chi connectivity index (χ1) is 13.0. The lowest BCUT2D eigenvalue weighted by atomic mass is 10.1. The van der Waals surface area contributed by atoms with Gasteiger partial charge in [-0.2, -0.15) is 0 Å². The van der Waals surface area contributed by atoms with Crippen molar-refractivity contribution in [3.8, 4) is 10.6 Å². The fourth-order valence-corrected chi connectivity index (χ4v) is 3.72. The molecule has 0 spiro atoms. The van der Waals surface area contributed by atoms with E-state index in [0.717, 1.165) is 11.1 Å². The highest BCUT2D eigenvalue weighted by molar-refractivity contribution is 7.13. The average Bonchev–Trinajstić information content (AvgIpc) is 3.16. The number of nitrogens with zero attached hydrogens (tertiary/aromatic N) is 2. The number of carbonyl (C=O) groups excluding carboxylic acids is 2. The number of amides is 1. The molecule has 0 bridgehead atoms. The molecule has 27 heavy (non-hydrogen) atoms. The van der Waals surface area contributed by atoms with Crippen molar-refractivity contribution in [3.63, 3.8) is 0 Å². The maximum absolute atomic E-state index is 13.1. The summed E-state index contributed by atoms with van der Waals surface area (Å²) in [4.78, 5) is 31.3. The highest BCUT2D eigenvalue weighted by Gasteiger charge is 2.22. The smallest absolute Gasteiger partial charge is 0.273 e. The Hall–Kier alpha value is -2.79.